The van der Waals surface area contributed by atoms with Gasteiger partial charge < -0.3 is 0 Å². The Morgan fingerprint density at radius 2 is 1.88 bits per heavy atom. The Hall–Kier alpha value is -2.03. The maximum atomic E-state index is 2.54. The molecule has 2 aliphatic heterocycles. The first-order valence-corrected chi connectivity index (χ1v) is 13.2. The van der Waals surface area contributed by atoms with E-state index in [1.165, 1.54) is 26.8 Å². The fourth-order valence-corrected chi connectivity index (χ4v) is 10.0. The molecule has 0 fully saturated rings. The average Bonchev–Trinajstić information content (AvgIpc) is 3.17. The van der Waals surface area contributed by atoms with Gasteiger partial charge in [-0.2, -0.15) is 0 Å². The second-order valence-electron chi connectivity index (χ2n) is 8.16. The Morgan fingerprint density at radius 1 is 1.04 bits per heavy atom. The van der Waals surface area contributed by atoms with Crippen molar-refractivity contribution in [1.82, 2.24) is 0 Å². The zero-order valence-corrected chi connectivity index (χ0v) is 16.9. The van der Waals surface area contributed by atoms with Gasteiger partial charge in [-0.1, -0.05) is 96.0 Å². The van der Waals surface area contributed by atoms with Crippen molar-refractivity contribution in [3.05, 3.63) is 98.8 Å². The molecule has 2 heteroatoms. The number of fused-ring (bicyclic) bond motifs is 3. The van der Waals surface area contributed by atoms with Gasteiger partial charge >= 0.3 is 0 Å². The molecular weight excluding hydrogens is 348 g/mol. The number of benzene rings is 2. The highest BCUT2D eigenvalue weighted by Gasteiger charge is 2.57. The van der Waals surface area contributed by atoms with E-state index in [9.17, 15) is 0 Å². The molecule has 0 nitrogen and oxygen atoms in total. The van der Waals surface area contributed by atoms with Crippen molar-refractivity contribution >= 4 is 35.5 Å². The maximum absolute atomic E-state index is 2.54. The second kappa shape index (κ2) is 5.02. The van der Waals surface area contributed by atoms with Gasteiger partial charge in [0, 0.05) is 15.7 Å². The van der Waals surface area contributed by atoms with Crippen LogP contribution in [-0.2, 0) is 0 Å². The summed E-state index contributed by atoms with van der Waals surface area (Å²) in [6, 6.07) is 15.7. The lowest BCUT2D eigenvalue weighted by atomic mass is 9.90. The molecule has 0 bridgehead atoms. The average molecular weight is 369 g/mol. The minimum atomic E-state index is -1.20. The SMILES string of the molecule is C[Si]1(C)C2=C1C1C(=C2)SC(c2ccc3ccccc3c2)=C1C1=CC=CC1. The van der Waals surface area contributed by atoms with Crippen molar-refractivity contribution in [3.63, 3.8) is 0 Å². The molecule has 0 aromatic heterocycles. The molecule has 0 saturated carbocycles. The second-order valence-corrected chi connectivity index (χ2v) is 13.6. The summed E-state index contributed by atoms with van der Waals surface area (Å²) in [4.78, 5) is 3.07. The van der Waals surface area contributed by atoms with Crippen LogP contribution in [0, 0.1) is 5.92 Å². The van der Waals surface area contributed by atoms with Crippen LogP contribution in [0.15, 0.2) is 93.2 Å². The smallest absolute Gasteiger partial charge is 0.0926 e. The Labute approximate surface area is 159 Å². The fourth-order valence-electron chi connectivity index (χ4n) is 4.87. The van der Waals surface area contributed by atoms with Crippen LogP contribution >= 0.6 is 11.8 Å². The van der Waals surface area contributed by atoms with E-state index in [2.05, 4.69) is 79.9 Å². The molecule has 2 heterocycles. The fraction of sp³-hybridized carbons (Fsp3) is 0.167. The molecule has 1 atom stereocenters. The molecule has 126 valence electrons. The molecule has 0 saturated heterocycles. The van der Waals surface area contributed by atoms with Gasteiger partial charge in [-0.05, 0) is 40.0 Å². The van der Waals surface area contributed by atoms with E-state index in [0.29, 0.717) is 5.92 Å². The normalized spacial score (nSPS) is 24.9. The van der Waals surface area contributed by atoms with Crippen LogP contribution in [0.4, 0.5) is 0 Å². The molecular formula is C24H20SSi. The predicted octanol–water partition coefficient (Wildman–Crippen LogP) is 6.79. The Balaban J connectivity index is 1.54. The van der Waals surface area contributed by atoms with Crippen LogP contribution < -0.4 is 0 Å². The van der Waals surface area contributed by atoms with E-state index < -0.39 is 8.07 Å². The first-order valence-electron chi connectivity index (χ1n) is 9.38. The third kappa shape index (κ3) is 1.92. The summed E-state index contributed by atoms with van der Waals surface area (Å²) >= 11 is 2.03. The van der Waals surface area contributed by atoms with Gasteiger partial charge in [0.05, 0.1) is 0 Å². The van der Waals surface area contributed by atoms with Crippen LogP contribution in [0.25, 0.3) is 15.7 Å². The lowest BCUT2D eigenvalue weighted by Crippen LogP contribution is -2.18. The number of thioether (sulfide) groups is 1. The number of hydrogen-bond donors (Lipinski definition) is 0. The zero-order chi connectivity index (χ0) is 17.5. The van der Waals surface area contributed by atoms with Gasteiger partial charge in [0.2, 0.25) is 0 Å². The summed E-state index contributed by atoms with van der Waals surface area (Å²) < 4.78 is 0. The van der Waals surface area contributed by atoms with Crippen molar-refractivity contribution in [2.24, 2.45) is 5.92 Å². The minimum Gasteiger partial charge on any atom is -0.0926 e. The van der Waals surface area contributed by atoms with E-state index in [0.717, 1.165) is 6.42 Å². The summed E-state index contributed by atoms with van der Waals surface area (Å²) in [6.07, 6.45) is 10.5. The molecule has 4 aliphatic rings. The maximum Gasteiger partial charge on any atom is 0.108 e. The van der Waals surface area contributed by atoms with E-state index >= 15 is 0 Å². The largest absolute Gasteiger partial charge is 0.108 e. The highest BCUT2D eigenvalue weighted by molar-refractivity contribution is 8.12. The van der Waals surface area contributed by atoms with E-state index in [1.807, 2.05) is 11.8 Å². The number of rotatable bonds is 2. The third-order valence-electron chi connectivity index (χ3n) is 6.32. The Morgan fingerprint density at radius 3 is 2.69 bits per heavy atom. The summed E-state index contributed by atoms with van der Waals surface area (Å²) in [5.41, 5.74) is 4.51. The molecule has 26 heavy (non-hydrogen) atoms. The van der Waals surface area contributed by atoms with Crippen LogP contribution in [0.1, 0.15) is 12.0 Å². The van der Waals surface area contributed by atoms with E-state index in [4.69, 9.17) is 0 Å². The monoisotopic (exact) mass is 368 g/mol. The summed E-state index contributed by atoms with van der Waals surface area (Å²) in [5, 5.41) is 6.19. The van der Waals surface area contributed by atoms with Crippen molar-refractivity contribution in [2.75, 3.05) is 0 Å². The molecule has 2 aromatic carbocycles. The Kier molecular flexibility index (Phi) is 2.91. The van der Waals surface area contributed by atoms with Gasteiger partial charge in [0.25, 0.3) is 0 Å². The molecule has 0 amide bonds. The van der Waals surface area contributed by atoms with Gasteiger partial charge in [0.1, 0.15) is 8.07 Å². The third-order valence-corrected chi connectivity index (χ3v) is 11.0. The first-order chi connectivity index (χ1) is 12.6. The highest BCUT2D eigenvalue weighted by Crippen LogP contribution is 2.66. The minimum absolute atomic E-state index is 0.573. The summed E-state index contributed by atoms with van der Waals surface area (Å²) in [5.74, 6) is 0.573. The summed E-state index contributed by atoms with van der Waals surface area (Å²) in [7, 11) is -1.20. The Bertz CT molecular complexity index is 1150. The molecule has 0 N–H and O–H groups in total. The van der Waals surface area contributed by atoms with Crippen LogP contribution in [-0.4, -0.2) is 8.07 Å². The highest BCUT2D eigenvalue weighted by atomic mass is 32.2. The van der Waals surface area contributed by atoms with Gasteiger partial charge in [-0.3, -0.25) is 0 Å². The summed E-state index contributed by atoms with van der Waals surface area (Å²) in [6.45, 7) is 5.03. The van der Waals surface area contributed by atoms with E-state index in [1.54, 1.807) is 20.9 Å². The van der Waals surface area contributed by atoms with Crippen molar-refractivity contribution in [3.8, 4) is 0 Å². The quantitative estimate of drug-likeness (QED) is 0.526. The zero-order valence-electron chi connectivity index (χ0n) is 15.0. The van der Waals surface area contributed by atoms with Gasteiger partial charge in [-0.25, -0.2) is 0 Å². The molecule has 6 rings (SSSR count). The number of allylic oxidation sites excluding steroid dienone is 9. The lowest BCUT2D eigenvalue weighted by Gasteiger charge is -2.19. The standard InChI is InChI=1S/C24H20SSi/c1-26(2)20-14-19-22(24(20)26)21(16-8-4-5-9-16)23(25-19)18-12-11-15-7-3-6-10-17(15)13-18/h3-8,10-14,22H,9H2,1-2H3. The predicted molar refractivity (Wildman–Crippen MR) is 116 cm³/mol. The molecule has 0 radical (unpaired) electrons. The van der Waals surface area contributed by atoms with E-state index in [-0.39, 0.29) is 0 Å². The van der Waals surface area contributed by atoms with Crippen LogP contribution in [0.5, 0.6) is 0 Å². The lowest BCUT2D eigenvalue weighted by molar-refractivity contribution is 0.964. The van der Waals surface area contributed by atoms with Gasteiger partial charge in [-0.15, -0.1) is 0 Å². The van der Waals surface area contributed by atoms with Crippen molar-refractivity contribution in [2.45, 2.75) is 19.5 Å². The van der Waals surface area contributed by atoms with Crippen molar-refractivity contribution in [1.29, 1.82) is 0 Å². The van der Waals surface area contributed by atoms with Crippen LogP contribution in [0.2, 0.25) is 13.1 Å². The number of hydrogen-bond acceptors (Lipinski definition) is 1. The van der Waals surface area contributed by atoms with Crippen molar-refractivity contribution < 1.29 is 0 Å². The molecule has 2 aromatic rings. The molecule has 2 aliphatic carbocycles. The molecule has 1 unspecified atom stereocenters. The first kappa shape index (κ1) is 15.1. The topological polar surface area (TPSA) is 0 Å². The van der Waals surface area contributed by atoms with Gasteiger partial charge in [0.15, 0.2) is 0 Å². The van der Waals surface area contributed by atoms with Crippen LogP contribution in [0.3, 0.4) is 0 Å². The molecule has 0 spiro atoms.